The summed E-state index contributed by atoms with van der Waals surface area (Å²) in [5, 5.41) is 12.4. The number of hydrogen-bond donors (Lipinski definition) is 3. The van der Waals surface area contributed by atoms with Crippen LogP contribution in [0, 0.1) is 5.92 Å². The molecule has 82 valence electrons. The molecule has 0 aromatic rings. The van der Waals surface area contributed by atoms with Crippen LogP contribution >= 0.6 is 0 Å². The smallest absolute Gasteiger partial charge is 0.324 e. The van der Waals surface area contributed by atoms with Crippen molar-refractivity contribution >= 4 is 5.97 Å². The molecule has 1 aliphatic carbocycles. The maximum absolute atomic E-state index is 11.3. The second kappa shape index (κ2) is 4.75. The molecule has 1 aliphatic rings. The SMILES string of the molecule is CCN[C@]1(C(=O)O)CCCC[C@H]1CN. The monoisotopic (exact) mass is 200 g/mol. The number of aliphatic carboxylic acids is 1. The van der Waals surface area contributed by atoms with Crippen molar-refractivity contribution in [3.05, 3.63) is 0 Å². The zero-order valence-corrected chi connectivity index (χ0v) is 8.75. The van der Waals surface area contributed by atoms with E-state index in [0.717, 1.165) is 19.3 Å². The van der Waals surface area contributed by atoms with E-state index in [1.165, 1.54) is 0 Å². The topological polar surface area (TPSA) is 75.3 Å². The van der Waals surface area contributed by atoms with Gasteiger partial charge in [0.15, 0.2) is 0 Å². The number of likely N-dealkylation sites (N-methyl/N-ethyl adjacent to an activating group) is 1. The summed E-state index contributed by atoms with van der Waals surface area (Å²) in [7, 11) is 0. The van der Waals surface area contributed by atoms with Gasteiger partial charge in [0, 0.05) is 5.92 Å². The quantitative estimate of drug-likeness (QED) is 0.620. The highest BCUT2D eigenvalue weighted by Crippen LogP contribution is 2.33. The van der Waals surface area contributed by atoms with Crippen LogP contribution in [0.1, 0.15) is 32.6 Å². The first kappa shape index (κ1) is 11.5. The maximum Gasteiger partial charge on any atom is 0.324 e. The summed E-state index contributed by atoms with van der Waals surface area (Å²) < 4.78 is 0. The number of carboxylic acid groups (broad SMARTS) is 1. The van der Waals surface area contributed by atoms with E-state index in [9.17, 15) is 9.90 Å². The van der Waals surface area contributed by atoms with Gasteiger partial charge in [0.05, 0.1) is 0 Å². The number of nitrogens with one attached hydrogen (secondary N) is 1. The van der Waals surface area contributed by atoms with Crippen LogP contribution in [0.2, 0.25) is 0 Å². The molecule has 0 aliphatic heterocycles. The van der Waals surface area contributed by atoms with Crippen molar-refractivity contribution in [2.75, 3.05) is 13.1 Å². The average Bonchev–Trinajstić information content (AvgIpc) is 2.18. The van der Waals surface area contributed by atoms with Gasteiger partial charge in [0.1, 0.15) is 5.54 Å². The summed E-state index contributed by atoms with van der Waals surface area (Å²) in [6.45, 7) is 3.08. The second-order valence-electron chi connectivity index (χ2n) is 3.99. The summed E-state index contributed by atoms with van der Waals surface area (Å²) in [5.41, 5.74) is 4.88. The molecule has 4 N–H and O–H groups in total. The van der Waals surface area contributed by atoms with E-state index in [0.29, 0.717) is 19.5 Å². The fourth-order valence-electron chi connectivity index (χ4n) is 2.47. The minimum Gasteiger partial charge on any atom is -0.480 e. The van der Waals surface area contributed by atoms with Crippen molar-refractivity contribution in [2.24, 2.45) is 11.7 Å². The molecule has 0 aromatic heterocycles. The van der Waals surface area contributed by atoms with Gasteiger partial charge >= 0.3 is 5.97 Å². The van der Waals surface area contributed by atoms with Crippen molar-refractivity contribution in [2.45, 2.75) is 38.1 Å². The zero-order chi connectivity index (χ0) is 10.6. The molecule has 1 rings (SSSR count). The highest BCUT2D eigenvalue weighted by Gasteiger charge is 2.45. The van der Waals surface area contributed by atoms with E-state index in [-0.39, 0.29) is 5.92 Å². The standard InChI is InChI=1S/C10H20N2O2/c1-2-12-10(9(13)14)6-4-3-5-8(10)7-11/h8,12H,2-7,11H2,1H3,(H,13,14)/t8-,10+/m0/s1. The average molecular weight is 200 g/mol. The van der Waals surface area contributed by atoms with Crippen molar-refractivity contribution in [3.8, 4) is 0 Å². The first-order valence-electron chi connectivity index (χ1n) is 5.36. The van der Waals surface area contributed by atoms with Crippen LogP contribution in [0.3, 0.4) is 0 Å². The molecule has 0 radical (unpaired) electrons. The Kier molecular flexibility index (Phi) is 3.89. The molecular formula is C10H20N2O2. The minimum atomic E-state index is -0.762. The van der Waals surface area contributed by atoms with Gasteiger partial charge in [-0.15, -0.1) is 0 Å². The molecule has 0 unspecified atom stereocenters. The van der Waals surface area contributed by atoms with E-state index in [2.05, 4.69) is 5.32 Å². The maximum atomic E-state index is 11.3. The Bertz CT molecular complexity index is 204. The van der Waals surface area contributed by atoms with Crippen LogP contribution in [-0.2, 0) is 4.79 Å². The predicted octanol–water partition coefficient (Wildman–Crippen LogP) is 0.568. The van der Waals surface area contributed by atoms with Gasteiger partial charge in [-0.3, -0.25) is 4.79 Å². The predicted molar refractivity (Wildman–Crippen MR) is 55.1 cm³/mol. The van der Waals surface area contributed by atoms with Crippen molar-refractivity contribution < 1.29 is 9.90 Å². The molecule has 0 spiro atoms. The lowest BCUT2D eigenvalue weighted by Crippen LogP contribution is -2.60. The molecular weight excluding hydrogens is 180 g/mol. The van der Waals surface area contributed by atoms with Crippen LogP contribution in [0.4, 0.5) is 0 Å². The Hall–Kier alpha value is -0.610. The van der Waals surface area contributed by atoms with Crippen molar-refractivity contribution in [3.63, 3.8) is 0 Å². The van der Waals surface area contributed by atoms with Crippen molar-refractivity contribution in [1.82, 2.24) is 5.32 Å². The number of hydrogen-bond acceptors (Lipinski definition) is 3. The number of rotatable bonds is 4. The highest BCUT2D eigenvalue weighted by molar-refractivity contribution is 5.79. The fraction of sp³-hybridized carbons (Fsp3) is 0.900. The Morgan fingerprint density at radius 2 is 2.36 bits per heavy atom. The lowest BCUT2D eigenvalue weighted by molar-refractivity contribution is -0.149. The summed E-state index contributed by atoms with van der Waals surface area (Å²) in [5.74, 6) is -0.664. The molecule has 0 amide bonds. The Labute approximate surface area is 84.9 Å². The van der Waals surface area contributed by atoms with Gasteiger partial charge < -0.3 is 16.2 Å². The van der Waals surface area contributed by atoms with E-state index in [1.807, 2.05) is 6.92 Å². The number of carbonyl (C=O) groups is 1. The highest BCUT2D eigenvalue weighted by atomic mass is 16.4. The first-order chi connectivity index (χ1) is 6.67. The number of nitrogens with two attached hydrogens (primary N) is 1. The van der Waals surface area contributed by atoms with Crippen LogP contribution in [0.5, 0.6) is 0 Å². The molecule has 14 heavy (non-hydrogen) atoms. The normalized spacial score (nSPS) is 32.9. The summed E-state index contributed by atoms with van der Waals surface area (Å²) in [6, 6.07) is 0. The van der Waals surface area contributed by atoms with Crippen LogP contribution in [-0.4, -0.2) is 29.7 Å². The first-order valence-corrected chi connectivity index (χ1v) is 5.36. The van der Waals surface area contributed by atoms with Gasteiger partial charge in [-0.25, -0.2) is 0 Å². The lowest BCUT2D eigenvalue weighted by Gasteiger charge is -2.40. The number of carboxylic acids is 1. The molecule has 4 heteroatoms. The van der Waals surface area contributed by atoms with E-state index in [4.69, 9.17) is 5.73 Å². The van der Waals surface area contributed by atoms with Gasteiger partial charge in [0.25, 0.3) is 0 Å². The minimum absolute atomic E-state index is 0.0775. The Morgan fingerprint density at radius 3 is 2.86 bits per heavy atom. The second-order valence-corrected chi connectivity index (χ2v) is 3.99. The molecule has 1 saturated carbocycles. The van der Waals surface area contributed by atoms with Gasteiger partial charge in [-0.05, 0) is 25.9 Å². The third-order valence-corrected chi connectivity index (χ3v) is 3.23. The van der Waals surface area contributed by atoms with Crippen LogP contribution in [0.15, 0.2) is 0 Å². The molecule has 1 fully saturated rings. The van der Waals surface area contributed by atoms with Crippen molar-refractivity contribution in [1.29, 1.82) is 0 Å². The molecule has 0 aromatic carbocycles. The molecule has 2 atom stereocenters. The molecule has 4 nitrogen and oxygen atoms in total. The van der Waals surface area contributed by atoms with E-state index in [1.54, 1.807) is 0 Å². The van der Waals surface area contributed by atoms with Gasteiger partial charge in [-0.2, -0.15) is 0 Å². The van der Waals surface area contributed by atoms with Crippen LogP contribution < -0.4 is 11.1 Å². The third-order valence-electron chi connectivity index (χ3n) is 3.23. The Balaban J connectivity index is 2.84. The zero-order valence-electron chi connectivity index (χ0n) is 8.75. The van der Waals surface area contributed by atoms with E-state index < -0.39 is 11.5 Å². The molecule has 0 saturated heterocycles. The fourth-order valence-corrected chi connectivity index (χ4v) is 2.47. The largest absolute Gasteiger partial charge is 0.480 e. The third kappa shape index (κ3) is 1.91. The van der Waals surface area contributed by atoms with Crippen LogP contribution in [0.25, 0.3) is 0 Å². The lowest BCUT2D eigenvalue weighted by atomic mass is 9.72. The van der Waals surface area contributed by atoms with Gasteiger partial charge in [-0.1, -0.05) is 19.8 Å². The Morgan fingerprint density at radius 1 is 1.64 bits per heavy atom. The summed E-state index contributed by atoms with van der Waals surface area (Å²) in [4.78, 5) is 11.3. The van der Waals surface area contributed by atoms with E-state index >= 15 is 0 Å². The molecule has 0 heterocycles. The summed E-state index contributed by atoms with van der Waals surface area (Å²) in [6.07, 6.45) is 3.71. The van der Waals surface area contributed by atoms with Gasteiger partial charge in [0.2, 0.25) is 0 Å². The molecule has 0 bridgehead atoms. The summed E-state index contributed by atoms with van der Waals surface area (Å²) >= 11 is 0.